The molecule has 1 aromatic carbocycles. The number of aryl methyl sites for hydroxylation is 1. The first kappa shape index (κ1) is 10.0. The first-order chi connectivity index (χ1) is 7.11. The molecule has 1 aliphatic heterocycles. The largest absolute Gasteiger partial charge is 0.382 e. The van der Waals surface area contributed by atoms with Gasteiger partial charge < -0.3 is 10.2 Å². The van der Waals surface area contributed by atoms with Crippen molar-refractivity contribution in [2.24, 2.45) is 5.92 Å². The number of hydrogen-bond donors (Lipinski definition) is 1. The van der Waals surface area contributed by atoms with E-state index in [0.29, 0.717) is 6.54 Å². The number of rotatable bonds is 0. The summed E-state index contributed by atoms with van der Waals surface area (Å²) in [6, 6.07) is 6.01. The number of hydrogen-bond acceptors (Lipinski definition) is 2. The van der Waals surface area contributed by atoms with Gasteiger partial charge in [-0.25, -0.2) is 0 Å². The van der Waals surface area contributed by atoms with E-state index >= 15 is 0 Å². The van der Waals surface area contributed by atoms with Crippen LogP contribution in [0.1, 0.15) is 12.5 Å². The van der Waals surface area contributed by atoms with Gasteiger partial charge in [-0.15, -0.1) is 0 Å². The summed E-state index contributed by atoms with van der Waals surface area (Å²) in [6.45, 7) is 4.72. The lowest BCUT2D eigenvalue weighted by atomic mass is 10.1. The Bertz CT molecular complexity index is 401. The first-order valence-electron chi connectivity index (χ1n) is 5.22. The Kier molecular flexibility index (Phi) is 2.39. The summed E-state index contributed by atoms with van der Waals surface area (Å²) >= 11 is 0. The first-order valence-corrected chi connectivity index (χ1v) is 5.22. The van der Waals surface area contributed by atoms with Crippen molar-refractivity contribution < 1.29 is 4.79 Å². The highest BCUT2D eigenvalue weighted by atomic mass is 16.2. The average molecular weight is 204 g/mol. The summed E-state index contributed by atoms with van der Waals surface area (Å²) in [7, 11) is 1.84. The van der Waals surface area contributed by atoms with Crippen LogP contribution in [-0.4, -0.2) is 19.5 Å². The molecule has 0 aromatic heterocycles. The fraction of sp³-hybridized carbons (Fsp3) is 0.417. The van der Waals surface area contributed by atoms with Crippen LogP contribution in [0, 0.1) is 12.8 Å². The van der Waals surface area contributed by atoms with Crippen LogP contribution in [0.4, 0.5) is 11.4 Å². The Hall–Kier alpha value is -1.51. The Morgan fingerprint density at radius 3 is 2.93 bits per heavy atom. The van der Waals surface area contributed by atoms with E-state index in [0.717, 1.165) is 11.4 Å². The van der Waals surface area contributed by atoms with E-state index in [1.807, 2.05) is 26.1 Å². The molecule has 3 nitrogen and oxygen atoms in total. The molecule has 1 amide bonds. The Labute approximate surface area is 90.1 Å². The summed E-state index contributed by atoms with van der Waals surface area (Å²) in [5, 5.41) is 3.34. The maximum atomic E-state index is 11.9. The number of amides is 1. The third kappa shape index (κ3) is 1.58. The molecule has 1 atom stereocenters. The highest BCUT2D eigenvalue weighted by molar-refractivity contribution is 5.99. The minimum atomic E-state index is 0.0294. The molecule has 1 heterocycles. The maximum absolute atomic E-state index is 11.9. The quantitative estimate of drug-likeness (QED) is 0.701. The molecule has 0 spiro atoms. The fourth-order valence-corrected chi connectivity index (χ4v) is 1.95. The molecule has 15 heavy (non-hydrogen) atoms. The van der Waals surface area contributed by atoms with E-state index in [-0.39, 0.29) is 11.8 Å². The van der Waals surface area contributed by atoms with Gasteiger partial charge in [0.1, 0.15) is 0 Å². The van der Waals surface area contributed by atoms with Crippen LogP contribution in [0.15, 0.2) is 18.2 Å². The van der Waals surface area contributed by atoms with Crippen LogP contribution >= 0.6 is 0 Å². The van der Waals surface area contributed by atoms with Gasteiger partial charge in [0.2, 0.25) is 5.91 Å². The average Bonchev–Trinajstić information content (AvgIpc) is 2.33. The smallest absolute Gasteiger partial charge is 0.231 e. The molecular weight excluding hydrogens is 188 g/mol. The summed E-state index contributed by atoms with van der Waals surface area (Å²) in [4.78, 5) is 13.6. The zero-order valence-corrected chi connectivity index (χ0v) is 9.37. The van der Waals surface area contributed by atoms with Gasteiger partial charge in [0.25, 0.3) is 0 Å². The lowest BCUT2D eigenvalue weighted by Gasteiger charge is -2.19. The molecule has 0 saturated heterocycles. The van der Waals surface area contributed by atoms with Crippen LogP contribution in [0.25, 0.3) is 0 Å². The summed E-state index contributed by atoms with van der Waals surface area (Å²) in [6.07, 6.45) is 0. The lowest BCUT2D eigenvalue weighted by Crippen LogP contribution is -2.31. The molecule has 0 bridgehead atoms. The van der Waals surface area contributed by atoms with Crippen molar-refractivity contribution in [3.8, 4) is 0 Å². The molecule has 0 aliphatic carbocycles. The predicted molar refractivity (Wildman–Crippen MR) is 62.2 cm³/mol. The number of benzene rings is 1. The third-order valence-electron chi connectivity index (χ3n) is 2.95. The van der Waals surface area contributed by atoms with Gasteiger partial charge in [-0.05, 0) is 18.6 Å². The highest BCUT2D eigenvalue weighted by Crippen LogP contribution is 2.31. The van der Waals surface area contributed by atoms with Crippen molar-refractivity contribution in [2.75, 3.05) is 23.8 Å². The van der Waals surface area contributed by atoms with Gasteiger partial charge in [-0.3, -0.25) is 4.79 Å². The van der Waals surface area contributed by atoms with Gasteiger partial charge in [-0.2, -0.15) is 0 Å². The molecule has 0 fully saturated rings. The van der Waals surface area contributed by atoms with Crippen molar-refractivity contribution in [3.63, 3.8) is 0 Å². The molecule has 1 unspecified atom stereocenters. The highest BCUT2D eigenvalue weighted by Gasteiger charge is 2.24. The summed E-state index contributed by atoms with van der Waals surface area (Å²) in [5.74, 6) is 0.202. The van der Waals surface area contributed by atoms with Crippen molar-refractivity contribution in [1.29, 1.82) is 0 Å². The number of nitrogens with zero attached hydrogens (tertiary/aromatic N) is 1. The molecule has 1 aliphatic rings. The molecule has 1 N–H and O–H groups in total. The topological polar surface area (TPSA) is 32.3 Å². The van der Waals surface area contributed by atoms with Crippen LogP contribution in [0.3, 0.4) is 0 Å². The Balaban J connectivity index is 2.52. The number of para-hydroxylation sites is 1. The van der Waals surface area contributed by atoms with Crippen LogP contribution < -0.4 is 10.2 Å². The maximum Gasteiger partial charge on any atom is 0.231 e. The number of carbonyl (C=O) groups excluding carboxylic acids is 1. The molecule has 1 aromatic rings. The molecule has 0 radical (unpaired) electrons. The van der Waals surface area contributed by atoms with E-state index < -0.39 is 0 Å². The van der Waals surface area contributed by atoms with Crippen molar-refractivity contribution in [3.05, 3.63) is 23.8 Å². The predicted octanol–water partition coefficient (Wildman–Crippen LogP) is 2.02. The van der Waals surface area contributed by atoms with Crippen LogP contribution in [0.5, 0.6) is 0 Å². The zero-order valence-electron chi connectivity index (χ0n) is 9.37. The fourth-order valence-electron chi connectivity index (χ4n) is 1.95. The van der Waals surface area contributed by atoms with E-state index in [9.17, 15) is 4.79 Å². The number of anilines is 2. The van der Waals surface area contributed by atoms with Gasteiger partial charge in [-0.1, -0.05) is 19.1 Å². The molecule has 80 valence electrons. The van der Waals surface area contributed by atoms with Crippen molar-refractivity contribution in [1.82, 2.24) is 0 Å². The zero-order chi connectivity index (χ0) is 11.0. The van der Waals surface area contributed by atoms with Crippen LogP contribution in [-0.2, 0) is 4.79 Å². The van der Waals surface area contributed by atoms with Crippen LogP contribution in [0.2, 0.25) is 0 Å². The standard InChI is InChI=1S/C12H16N2O/c1-8-5-4-6-10-11(8)13-7-9(2)12(15)14(10)3/h4-6,9,13H,7H2,1-3H3. The van der Waals surface area contributed by atoms with Crippen molar-refractivity contribution in [2.45, 2.75) is 13.8 Å². The molecular formula is C12H16N2O. The third-order valence-corrected chi connectivity index (χ3v) is 2.95. The van der Waals surface area contributed by atoms with E-state index in [1.54, 1.807) is 4.90 Å². The molecule has 3 heteroatoms. The van der Waals surface area contributed by atoms with E-state index in [2.05, 4.69) is 18.3 Å². The van der Waals surface area contributed by atoms with E-state index in [4.69, 9.17) is 0 Å². The summed E-state index contributed by atoms with van der Waals surface area (Å²) < 4.78 is 0. The molecule has 2 rings (SSSR count). The summed E-state index contributed by atoms with van der Waals surface area (Å²) in [5.41, 5.74) is 3.24. The van der Waals surface area contributed by atoms with Crippen molar-refractivity contribution >= 4 is 17.3 Å². The minimum absolute atomic E-state index is 0.0294. The van der Waals surface area contributed by atoms with Gasteiger partial charge in [0, 0.05) is 13.6 Å². The lowest BCUT2D eigenvalue weighted by molar-refractivity contribution is -0.121. The second-order valence-electron chi connectivity index (χ2n) is 4.15. The Morgan fingerprint density at radius 2 is 2.20 bits per heavy atom. The minimum Gasteiger partial charge on any atom is -0.382 e. The monoisotopic (exact) mass is 204 g/mol. The normalized spacial score (nSPS) is 20.6. The number of fused-ring (bicyclic) bond motifs is 1. The Morgan fingerprint density at radius 1 is 1.47 bits per heavy atom. The van der Waals surface area contributed by atoms with Gasteiger partial charge in [0.15, 0.2) is 0 Å². The van der Waals surface area contributed by atoms with E-state index in [1.165, 1.54) is 5.56 Å². The number of nitrogens with one attached hydrogen (secondary N) is 1. The second kappa shape index (κ2) is 3.57. The number of carbonyl (C=O) groups is 1. The second-order valence-corrected chi connectivity index (χ2v) is 4.15. The molecule has 0 saturated carbocycles. The SMILES string of the molecule is Cc1cccc2c1NCC(C)C(=O)N2C. The van der Waals surface area contributed by atoms with Gasteiger partial charge in [0.05, 0.1) is 17.3 Å². The van der Waals surface area contributed by atoms with Gasteiger partial charge >= 0.3 is 0 Å².